The number of amides is 2. The highest BCUT2D eigenvalue weighted by molar-refractivity contribution is 5.74. The Balaban J connectivity index is 1.82. The predicted molar refractivity (Wildman–Crippen MR) is 83.2 cm³/mol. The molecule has 1 unspecified atom stereocenters. The van der Waals surface area contributed by atoms with Crippen molar-refractivity contribution in [3.8, 4) is 5.69 Å². The number of nitrogens with zero attached hydrogens (tertiary/aromatic N) is 3. The van der Waals surface area contributed by atoms with Crippen LogP contribution in [0, 0.1) is 0 Å². The number of carbonyl (C=O) groups is 2. The quantitative estimate of drug-likeness (QED) is 0.670. The van der Waals surface area contributed by atoms with Crippen LogP contribution in [0.3, 0.4) is 0 Å². The van der Waals surface area contributed by atoms with Crippen LogP contribution in [-0.4, -0.2) is 38.4 Å². The van der Waals surface area contributed by atoms with Gasteiger partial charge in [0.05, 0.1) is 11.7 Å². The topological polar surface area (TPSA) is 109 Å². The summed E-state index contributed by atoms with van der Waals surface area (Å²) in [6.07, 6.45) is 3.53. The van der Waals surface area contributed by atoms with Gasteiger partial charge < -0.3 is 15.7 Å². The van der Waals surface area contributed by atoms with Crippen molar-refractivity contribution in [3.63, 3.8) is 0 Å². The van der Waals surface area contributed by atoms with Crippen molar-refractivity contribution < 1.29 is 14.7 Å². The van der Waals surface area contributed by atoms with Gasteiger partial charge in [0.25, 0.3) is 0 Å². The van der Waals surface area contributed by atoms with Crippen LogP contribution in [0.4, 0.5) is 4.79 Å². The number of aliphatic carboxylic acids is 1. The van der Waals surface area contributed by atoms with Crippen molar-refractivity contribution in [2.45, 2.75) is 25.8 Å². The first-order valence-corrected chi connectivity index (χ1v) is 7.27. The summed E-state index contributed by atoms with van der Waals surface area (Å²) in [7, 11) is 0. The molecule has 0 aliphatic rings. The van der Waals surface area contributed by atoms with Crippen LogP contribution in [0.1, 0.15) is 31.4 Å². The molecule has 122 valence electrons. The molecule has 2 aromatic rings. The number of urea groups is 1. The molecule has 0 spiro atoms. The highest BCUT2D eigenvalue weighted by Crippen LogP contribution is 2.14. The van der Waals surface area contributed by atoms with E-state index in [4.69, 9.17) is 5.11 Å². The Hall–Kier alpha value is -2.90. The highest BCUT2D eigenvalue weighted by Gasteiger charge is 2.09. The van der Waals surface area contributed by atoms with E-state index in [9.17, 15) is 9.59 Å². The number of rotatable bonds is 7. The maximum atomic E-state index is 11.7. The summed E-state index contributed by atoms with van der Waals surface area (Å²) in [5.74, 6) is -0.868. The number of hydrogen-bond acceptors (Lipinski definition) is 4. The van der Waals surface area contributed by atoms with Crippen LogP contribution in [0.2, 0.25) is 0 Å². The van der Waals surface area contributed by atoms with Crippen LogP contribution in [0.15, 0.2) is 36.9 Å². The van der Waals surface area contributed by atoms with Crippen molar-refractivity contribution in [1.82, 2.24) is 25.4 Å². The zero-order chi connectivity index (χ0) is 16.7. The smallest absolute Gasteiger partial charge is 0.315 e. The maximum absolute atomic E-state index is 11.7. The summed E-state index contributed by atoms with van der Waals surface area (Å²) in [6.45, 7) is 2.21. The molecule has 0 fully saturated rings. The summed E-state index contributed by atoms with van der Waals surface area (Å²) in [6, 6.07) is 7.13. The van der Waals surface area contributed by atoms with Crippen LogP contribution in [0.5, 0.6) is 0 Å². The molecule has 1 atom stereocenters. The molecule has 8 nitrogen and oxygen atoms in total. The molecule has 2 rings (SSSR count). The van der Waals surface area contributed by atoms with Gasteiger partial charge in [-0.25, -0.2) is 14.5 Å². The largest absolute Gasteiger partial charge is 0.481 e. The van der Waals surface area contributed by atoms with Crippen LogP contribution >= 0.6 is 0 Å². The Morgan fingerprint density at radius 2 is 2.04 bits per heavy atom. The van der Waals surface area contributed by atoms with E-state index in [1.165, 1.54) is 6.33 Å². The van der Waals surface area contributed by atoms with E-state index >= 15 is 0 Å². The minimum atomic E-state index is -0.868. The molecular weight excluding hydrogens is 298 g/mol. The molecule has 8 heteroatoms. The van der Waals surface area contributed by atoms with Crippen molar-refractivity contribution in [1.29, 1.82) is 0 Å². The Labute approximate surface area is 133 Å². The Kier molecular flexibility index (Phi) is 5.67. The van der Waals surface area contributed by atoms with Crippen molar-refractivity contribution in [3.05, 3.63) is 42.5 Å². The number of aromatic nitrogens is 3. The van der Waals surface area contributed by atoms with E-state index in [-0.39, 0.29) is 18.5 Å². The lowest BCUT2D eigenvalue weighted by Gasteiger charge is -2.15. The molecule has 0 saturated heterocycles. The lowest BCUT2D eigenvalue weighted by molar-refractivity contribution is -0.137. The molecule has 0 bridgehead atoms. The molecule has 23 heavy (non-hydrogen) atoms. The third kappa shape index (κ3) is 5.10. The standard InChI is InChI=1S/C15H19N5O3/c1-11(19-15(23)17-8-2-3-14(21)22)12-4-6-13(7-5-12)20-10-16-9-18-20/h4-7,9-11H,2-3,8H2,1H3,(H,21,22)(H2,17,19,23). The molecule has 0 saturated carbocycles. The second-order valence-electron chi connectivity index (χ2n) is 5.05. The maximum Gasteiger partial charge on any atom is 0.315 e. The van der Waals surface area contributed by atoms with Gasteiger partial charge in [0.2, 0.25) is 0 Å². The molecule has 1 aromatic heterocycles. The van der Waals surface area contributed by atoms with Gasteiger partial charge >= 0.3 is 12.0 Å². The average molecular weight is 317 g/mol. The lowest BCUT2D eigenvalue weighted by Crippen LogP contribution is -2.37. The summed E-state index contributed by atoms with van der Waals surface area (Å²) in [4.78, 5) is 26.0. The van der Waals surface area contributed by atoms with Gasteiger partial charge in [-0.05, 0) is 31.0 Å². The second kappa shape index (κ2) is 7.92. The first kappa shape index (κ1) is 16.5. The number of benzene rings is 1. The van der Waals surface area contributed by atoms with E-state index in [2.05, 4.69) is 20.7 Å². The Morgan fingerprint density at radius 3 is 2.65 bits per heavy atom. The number of hydrogen-bond donors (Lipinski definition) is 3. The monoisotopic (exact) mass is 317 g/mol. The fraction of sp³-hybridized carbons (Fsp3) is 0.333. The van der Waals surface area contributed by atoms with E-state index in [1.807, 2.05) is 31.2 Å². The molecule has 2 amide bonds. The molecule has 1 aromatic carbocycles. The summed E-state index contributed by atoms with van der Waals surface area (Å²) < 4.78 is 1.65. The third-order valence-corrected chi connectivity index (χ3v) is 3.28. The number of carboxylic acid groups (broad SMARTS) is 1. The van der Waals surface area contributed by atoms with Gasteiger partial charge in [-0.15, -0.1) is 0 Å². The lowest BCUT2D eigenvalue weighted by atomic mass is 10.1. The summed E-state index contributed by atoms with van der Waals surface area (Å²) in [5.41, 5.74) is 1.84. The minimum Gasteiger partial charge on any atom is -0.481 e. The van der Waals surface area contributed by atoms with Crippen LogP contribution in [-0.2, 0) is 4.79 Å². The first-order chi connectivity index (χ1) is 11.1. The fourth-order valence-electron chi connectivity index (χ4n) is 2.03. The van der Waals surface area contributed by atoms with E-state index in [0.29, 0.717) is 13.0 Å². The molecular formula is C15H19N5O3. The fourth-order valence-corrected chi connectivity index (χ4v) is 2.03. The minimum absolute atomic E-state index is 0.0413. The Bertz CT molecular complexity index is 640. The van der Waals surface area contributed by atoms with Crippen LogP contribution < -0.4 is 10.6 Å². The summed E-state index contributed by atoms with van der Waals surface area (Å²) in [5, 5.41) is 18.0. The Morgan fingerprint density at radius 1 is 1.30 bits per heavy atom. The van der Waals surface area contributed by atoms with E-state index in [0.717, 1.165) is 11.3 Å². The van der Waals surface area contributed by atoms with Crippen LogP contribution in [0.25, 0.3) is 5.69 Å². The molecule has 0 aliphatic heterocycles. The SMILES string of the molecule is CC(NC(=O)NCCCC(=O)O)c1ccc(-n2cncn2)cc1. The zero-order valence-electron chi connectivity index (χ0n) is 12.8. The van der Waals surface area contributed by atoms with E-state index in [1.54, 1.807) is 11.0 Å². The first-order valence-electron chi connectivity index (χ1n) is 7.27. The zero-order valence-corrected chi connectivity index (χ0v) is 12.8. The van der Waals surface area contributed by atoms with Gasteiger partial charge in [0, 0.05) is 13.0 Å². The number of nitrogens with one attached hydrogen (secondary N) is 2. The van der Waals surface area contributed by atoms with Gasteiger partial charge in [-0.3, -0.25) is 4.79 Å². The molecule has 0 radical (unpaired) electrons. The van der Waals surface area contributed by atoms with Gasteiger partial charge in [0.1, 0.15) is 12.7 Å². The van der Waals surface area contributed by atoms with E-state index < -0.39 is 5.97 Å². The number of carboxylic acids is 1. The van der Waals surface area contributed by atoms with Gasteiger partial charge in [0.15, 0.2) is 0 Å². The van der Waals surface area contributed by atoms with Crippen molar-refractivity contribution >= 4 is 12.0 Å². The highest BCUT2D eigenvalue weighted by atomic mass is 16.4. The van der Waals surface area contributed by atoms with Crippen molar-refractivity contribution in [2.75, 3.05) is 6.54 Å². The summed E-state index contributed by atoms with van der Waals surface area (Å²) >= 11 is 0. The normalized spacial score (nSPS) is 11.7. The molecule has 3 N–H and O–H groups in total. The number of carbonyl (C=O) groups excluding carboxylic acids is 1. The second-order valence-corrected chi connectivity index (χ2v) is 5.05. The molecule has 0 aliphatic carbocycles. The van der Waals surface area contributed by atoms with Gasteiger partial charge in [-0.1, -0.05) is 12.1 Å². The van der Waals surface area contributed by atoms with Crippen molar-refractivity contribution in [2.24, 2.45) is 0 Å². The predicted octanol–water partition coefficient (Wildman–Crippen LogP) is 1.49. The third-order valence-electron chi connectivity index (χ3n) is 3.28. The molecule has 1 heterocycles. The van der Waals surface area contributed by atoms with Gasteiger partial charge in [-0.2, -0.15) is 5.10 Å². The average Bonchev–Trinajstić information content (AvgIpc) is 3.06.